The second-order valence-electron chi connectivity index (χ2n) is 4.38. The van der Waals surface area contributed by atoms with Crippen molar-refractivity contribution in [3.63, 3.8) is 0 Å². The van der Waals surface area contributed by atoms with Crippen LogP contribution in [0.15, 0.2) is 42.5 Å². The summed E-state index contributed by atoms with van der Waals surface area (Å²) in [6.45, 7) is 2.38. The molecule has 0 aliphatic carbocycles. The standard InChI is InChI=1S/C16H18N2O3/c1-3-21-13-9-11(8-12(17)10-13)16(19)18-14-6-4-5-7-15(14)20-2/h4-10H,3,17H2,1-2H3,(H,18,19). The molecule has 5 heteroatoms. The monoisotopic (exact) mass is 286 g/mol. The lowest BCUT2D eigenvalue weighted by Gasteiger charge is -2.11. The molecule has 0 radical (unpaired) electrons. The number of amides is 1. The van der Waals surface area contributed by atoms with E-state index in [-0.39, 0.29) is 5.91 Å². The Morgan fingerprint density at radius 2 is 2.00 bits per heavy atom. The molecule has 2 aromatic carbocycles. The number of ether oxygens (including phenoxy) is 2. The Morgan fingerprint density at radius 3 is 2.71 bits per heavy atom. The van der Waals surface area contributed by atoms with E-state index in [1.807, 2.05) is 19.1 Å². The molecule has 0 heterocycles. The number of carbonyl (C=O) groups excluding carboxylic acids is 1. The summed E-state index contributed by atoms with van der Waals surface area (Å²) in [6, 6.07) is 12.2. The van der Waals surface area contributed by atoms with Gasteiger partial charge in [-0.3, -0.25) is 4.79 Å². The first-order valence-electron chi connectivity index (χ1n) is 6.61. The zero-order chi connectivity index (χ0) is 15.2. The minimum atomic E-state index is -0.271. The van der Waals surface area contributed by atoms with Gasteiger partial charge in [0.25, 0.3) is 5.91 Å². The Labute approximate surface area is 123 Å². The smallest absolute Gasteiger partial charge is 0.255 e. The molecule has 0 spiro atoms. The normalized spacial score (nSPS) is 10.0. The highest BCUT2D eigenvalue weighted by Gasteiger charge is 2.11. The van der Waals surface area contributed by atoms with Crippen LogP contribution in [0.4, 0.5) is 11.4 Å². The fourth-order valence-corrected chi connectivity index (χ4v) is 1.95. The molecule has 2 aromatic rings. The van der Waals surface area contributed by atoms with Crippen LogP contribution in [0, 0.1) is 0 Å². The first-order chi connectivity index (χ1) is 10.1. The summed E-state index contributed by atoms with van der Waals surface area (Å²) in [7, 11) is 1.55. The summed E-state index contributed by atoms with van der Waals surface area (Å²) in [6.07, 6.45) is 0. The van der Waals surface area contributed by atoms with Crippen LogP contribution in [0.1, 0.15) is 17.3 Å². The van der Waals surface area contributed by atoms with E-state index in [4.69, 9.17) is 15.2 Å². The number of para-hydroxylation sites is 2. The van der Waals surface area contributed by atoms with E-state index in [1.54, 1.807) is 37.4 Å². The fourth-order valence-electron chi connectivity index (χ4n) is 1.95. The summed E-state index contributed by atoms with van der Waals surface area (Å²) in [5.41, 5.74) is 7.31. The highest BCUT2D eigenvalue weighted by atomic mass is 16.5. The molecule has 1 amide bonds. The van der Waals surface area contributed by atoms with Crippen LogP contribution in [-0.4, -0.2) is 19.6 Å². The van der Waals surface area contributed by atoms with Crippen molar-refractivity contribution >= 4 is 17.3 Å². The molecule has 0 bridgehead atoms. The van der Waals surface area contributed by atoms with Crippen molar-refractivity contribution in [2.45, 2.75) is 6.92 Å². The van der Waals surface area contributed by atoms with Gasteiger partial charge in [0.15, 0.2) is 0 Å². The molecule has 0 saturated carbocycles. The Balaban J connectivity index is 2.24. The van der Waals surface area contributed by atoms with Crippen molar-refractivity contribution in [3.05, 3.63) is 48.0 Å². The van der Waals surface area contributed by atoms with Crippen molar-refractivity contribution in [1.82, 2.24) is 0 Å². The van der Waals surface area contributed by atoms with Crippen LogP contribution in [0.5, 0.6) is 11.5 Å². The number of rotatable bonds is 5. The van der Waals surface area contributed by atoms with E-state index in [0.29, 0.717) is 35.0 Å². The number of nitrogens with two attached hydrogens (primary N) is 1. The summed E-state index contributed by atoms with van der Waals surface area (Å²) in [5.74, 6) is 0.898. The molecule has 0 saturated heterocycles. The molecule has 3 N–H and O–H groups in total. The van der Waals surface area contributed by atoms with Crippen molar-refractivity contribution in [3.8, 4) is 11.5 Å². The second-order valence-corrected chi connectivity index (χ2v) is 4.38. The number of anilines is 2. The highest BCUT2D eigenvalue weighted by molar-refractivity contribution is 6.05. The minimum Gasteiger partial charge on any atom is -0.495 e. The molecule has 2 rings (SSSR count). The zero-order valence-corrected chi connectivity index (χ0v) is 12.1. The van der Waals surface area contributed by atoms with E-state index < -0.39 is 0 Å². The summed E-state index contributed by atoms with van der Waals surface area (Å²) < 4.78 is 10.6. The third kappa shape index (κ3) is 3.66. The second kappa shape index (κ2) is 6.65. The number of carbonyl (C=O) groups is 1. The largest absolute Gasteiger partial charge is 0.495 e. The van der Waals surface area contributed by atoms with Gasteiger partial charge in [-0.25, -0.2) is 0 Å². The first kappa shape index (κ1) is 14.7. The van der Waals surface area contributed by atoms with Gasteiger partial charge in [-0.05, 0) is 31.2 Å². The quantitative estimate of drug-likeness (QED) is 0.829. The average Bonchev–Trinajstić information content (AvgIpc) is 2.47. The topological polar surface area (TPSA) is 73.6 Å². The van der Waals surface area contributed by atoms with Gasteiger partial charge in [0, 0.05) is 17.3 Å². The van der Waals surface area contributed by atoms with Gasteiger partial charge in [-0.15, -0.1) is 0 Å². The van der Waals surface area contributed by atoms with Crippen molar-refractivity contribution in [1.29, 1.82) is 0 Å². The van der Waals surface area contributed by atoms with Crippen molar-refractivity contribution in [2.75, 3.05) is 24.8 Å². The van der Waals surface area contributed by atoms with Gasteiger partial charge in [-0.2, -0.15) is 0 Å². The maximum atomic E-state index is 12.3. The molecular weight excluding hydrogens is 268 g/mol. The SMILES string of the molecule is CCOc1cc(N)cc(C(=O)Nc2ccccc2OC)c1. The van der Waals surface area contributed by atoms with Gasteiger partial charge in [0.1, 0.15) is 11.5 Å². The van der Waals surface area contributed by atoms with E-state index in [9.17, 15) is 4.79 Å². The van der Waals surface area contributed by atoms with Gasteiger partial charge < -0.3 is 20.5 Å². The number of nitrogen functional groups attached to an aromatic ring is 1. The molecule has 0 atom stereocenters. The van der Waals surface area contributed by atoms with E-state index in [0.717, 1.165) is 0 Å². The van der Waals surface area contributed by atoms with Crippen molar-refractivity contribution in [2.24, 2.45) is 0 Å². The third-order valence-electron chi connectivity index (χ3n) is 2.86. The first-order valence-corrected chi connectivity index (χ1v) is 6.61. The number of nitrogens with one attached hydrogen (secondary N) is 1. The van der Waals surface area contributed by atoms with Gasteiger partial charge >= 0.3 is 0 Å². The van der Waals surface area contributed by atoms with Crippen LogP contribution in [-0.2, 0) is 0 Å². The number of benzene rings is 2. The van der Waals surface area contributed by atoms with E-state index in [2.05, 4.69) is 5.32 Å². The third-order valence-corrected chi connectivity index (χ3v) is 2.86. The lowest BCUT2D eigenvalue weighted by Crippen LogP contribution is -2.13. The van der Waals surface area contributed by atoms with Crippen LogP contribution in [0.2, 0.25) is 0 Å². The van der Waals surface area contributed by atoms with E-state index >= 15 is 0 Å². The summed E-state index contributed by atoms with van der Waals surface area (Å²) >= 11 is 0. The predicted molar refractivity (Wildman–Crippen MR) is 83.0 cm³/mol. The molecule has 21 heavy (non-hydrogen) atoms. The molecule has 0 aromatic heterocycles. The summed E-state index contributed by atoms with van der Waals surface area (Å²) in [5, 5.41) is 2.80. The van der Waals surface area contributed by atoms with Crippen LogP contribution < -0.4 is 20.5 Å². The minimum absolute atomic E-state index is 0.271. The molecule has 0 fully saturated rings. The number of hydrogen-bond donors (Lipinski definition) is 2. The Hall–Kier alpha value is -2.69. The molecular formula is C16H18N2O3. The van der Waals surface area contributed by atoms with Gasteiger partial charge in [0.05, 0.1) is 19.4 Å². The molecule has 110 valence electrons. The molecule has 0 unspecified atom stereocenters. The van der Waals surface area contributed by atoms with Crippen LogP contribution in [0.25, 0.3) is 0 Å². The molecule has 0 aliphatic rings. The lowest BCUT2D eigenvalue weighted by molar-refractivity contribution is 0.102. The summed E-state index contributed by atoms with van der Waals surface area (Å²) in [4.78, 5) is 12.3. The van der Waals surface area contributed by atoms with E-state index in [1.165, 1.54) is 0 Å². The van der Waals surface area contributed by atoms with Gasteiger partial charge in [0.2, 0.25) is 0 Å². The molecule has 5 nitrogen and oxygen atoms in total. The van der Waals surface area contributed by atoms with Crippen molar-refractivity contribution < 1.29 is 14.3 Å². The molecule has 0 aliphatic heterocycles. The van der Waals surface area contributed by atoms with Crippen LogP contribution in [0.3, 0.4) is 0 Å². The average molecular weight is 286 g/mol. The lowest BCUT2D eigenvalue weighted by atomic mass is 10.1. The predicted octanol–water partition coefficient (Wildman–Crippen LogP) is 2.93. The maximum absolute atomic E-state index is 12.3. The zero-order valence-electron chi connectivity index (χ0n) is 12.1. The highest BCUT2D eigenvalue weighted by Crippen LogP contribution is 2.25. The number of hydrogen-bond acceptors (Lipinski definition) is 4. The Bertz CT molecular complexity index is 641. The van der Waals surface area contributed by atoms with Crippen LogP contribution >= 0.6 is 0 Å². The Kier molecular flexibility index (Phi) is 4.66. The fraction of sp³-hybridized carbons (Fsp3) is 0.188. The van der Waals surface area contributed by atoms with Gasteiger partial charge in [-0.1, -0.05) is 12.1 Å². The Morgan fingerprint density at radius 1 is 1.24 bits per heavy atom. The number of methoxy groups -OCH3 is 1. The maximum Gasteiger partial charge on any atom is 0.255 e.